The van der Waals surface area contributed by atoms with Crippen LogP contribution in [0, 0.1) is 0 Å². The Balaban J connectivity index is 2.66. The molecule has 1 heterocycles. The zero-order valence-corrected chi connectivity index (χ0v) is 8.80. The smallest absolute Gasteiger partial charge is 0.126 e. The second-order valence-corrected chi connectivity index (χ2v) is 3.73. The Morgan fingerprint density at radius 1 is 1.23 bits per heavy atom. The molecule has 1 aromatic carbocycles. The Morgan fingerprint density at radius 3 is 2.85 bits per heavy atom. The van der Waals surface area contributed by atoms with Gasteiger partial charge < -0.3 is 5.32 Å². The normalized spacial score (nSPS) is 10.3. The van der Waals surface area contributed by atoms with E-state index < -0.39 is 0 Å². The standard InChI is InChI=1S/C10H9BrN2/c1-12-10-5-7-2-3-9(11)4-8(7)6-13-10/h2-6H,1H3,(H,12,13). The maximum absolute atomic E-state index is 4.23. The molecule has 0 radical (unpaired) electrons. The van der Waals surface area contributed by atoms with E-state index in [9.17, 15) is 0 Å². The monoisotopic (exact) mass is 236 g/mol. The minimum absolute atomic E-state index is 0.898. The van der Waals surface area contributed by atoms with Crippen molar-refractivity contribution in [1.82, 2.24) is 4.98 Å². The first-order chi connectivity index (χ1) is 6.29. The second kappa shape index (κ2) is 3.34. The van der Waals surface area contributed by atoms with Gasteiger partial charge in [-0.1, -0.05) is 22.0 Å². The summed E-state index contributed by atoms with van der Waals surface area (Å²) in [4.78, 5) is 4.23. The first-order valence-corrected chi connectivity index (χ1v) is 4.82. The highest BCUT2D eigenvalue weighted by atomic mass is 79.9. The molecular formula is C10H9BrN2. The van der Waals surface area contributed by atoms with Crippen LogP contribution in [0.1, 0.15) is 0 Å². The molecule has 13 heavy (non-hydrogen) atoms. The number of hydrogen-bond donors (Lipinski definition) is 1. The van der Waals surface area contributed by atoms with Gasteiger partial charge in [0.05, 0.1) is 0 Å². The molecule has 2 aromatic rings. The van der Waals surface area contributed by atoms with Crippen LogP contribution in [-0.2, 0) is 0 Å². The maximum Gasteiger partial charge on any atom is 0.126 e. The lowest BCUT2D eigenvalue weighted by Gasteiger charge is -2.01. The number of halogens is 1. The van der Waals surface area contributed by atoms with Gasteiger partial charge in [-0.25, -0.2) is 4.98 Å². The van der Waals surface area contributed by atoms with Crippen LogP contribution in [0.25, 0.3) is 10.8 Å². The lowest BCUT2D eigenvalue weighted by molar-refractivity contribution is 1.31. The minimum Gasteiger partial charge on any atom is -0.373 e. The average molecular weight is 237 g/mol. The molecule has 0 fully saturated rings. The predicted molar refractivity (Wildman–Crippen MR) is 59.0 cm³/mol. The Kier molecular flexibility index (Phi) is 2.19. The highest BCUT2D eigenvalue weighted by Crippen LogP contribution is 2.20. The first-order valence-electron chi connectivity index (χ1n) is 4.02. The van der Waals surface area contributed by atoms with Crippen LogP contribution in [0.5, 0.6) is 0 Å². The number of benzene rings is 1. The molecule has 0 bridgehead atoms. The van der Waals surface area contributed by atoms with E-state index in [0.717, 1.165) is 15.7 Å². The van der Waals surface area contributed by atoms with E-state index in [1.54, 1.807) is 0 Å². The van der Waals surface area contributed by atoms with Gasteiger partial charge in [0.2, 0.25) is 0 Å². The molecule has 1 aromatic heterocycles. The van der Waals surface area contributed by atoms with E-state index in [1.807, 2.05) is 25.4 Å². The van der Waals surface area contributed by atoms with Crippen molar-refractivity contribution in [2.24, 2.45) is 0 Å². The van der Waals surface area contributed by atoms with E-state index in [2.05, 4.69) is 38.4 Å². The largest absolute Gasteiger partial charge is 0.373 e. The van der Waals surface area contributed by atoms with Gasteiger partial charge in [0.1, 0.15) is 5.82 Å². The molecule has 0 aliphatic rings. The topological polar surface area (TPSA) is 24.9 Å². The molecule has 0 saturated heterocycles. The summed E-state index contributed by atoms with van der Waals surface area (Å²) in [6, 6.07) is 8.19. The fourth-order valence-electron chi connectivity index (χ4n) is 1.25. The summed E-state index contributed by atoms with van der Waals surface area (Å²) in [5, 5.41) is 5.35. The molecule has 2 nitrogen and oxygen atoms in total. The summed E-state index contributed by atoms with van der Waals surface area (Å²) in [6.45, 7) is 0. The fourth-order valence-corrected chi connectivity index (χ4v) is 1.63. The number of nitrogens with one attached hydrogen (secondary N) is 1. The molecule has 0 unspecified atom stereocenters. The number of fused-ring (bicyclic) bond motifs is 1. The van der Waals surface area contributed by atoms with Gasteiger partial charge in [0.15, 0.2) is 0 Å². The van der Waals surface area contributed by atoms with Gasteiger partial charge >= 0.3 is 0 Å². The van der Waals surface area contributed by atoms with Crippen LogP contribution in [-0.4, -0.2) is 12.0 Å². The SMILES string of the molecule is CNc1cc2ccc(Br)cc2cn1. The van der Waals surface area contributed by atoms with Crippen molar-refractivity contribution in [2.45, 2.75) is 0 Å². The summed E-state index contributed by atoms with van der Waals surface area (Å²) < 4.78 is 1.08. The van der Waals surface area contributed by atoms with Crippen molar-refractivity contribution in [3.8, 4) is 0 Å². The Morgan fingerprint density at radius 2 is 2.08 bits per heavy atom. The van der Waals surface area contributed by atoms with Crippen molar-refractivity contribution in [1.29, 1.82) is 0 Å². The van der Waals surface area contributed by atoms with Gasteiger partial charge in [-0.3, -0.25) is 0 Å². The quantitative estimate of drug-likeness (QED) is 0.824. The van der Waals surface area contributed by atoms with Gasteiger partial charge in [-0.15, -0.1) is 0 Å². The number of rotatable bonds is 1. The third-order valence-electron chi connectivity index (χ3n) is 1.94. The molecule has 0 saturated carbocycles. The highest BCUT2D eigenvalue weighted by molar-refractivity contribution is 9.10. The Hall–Kier alpha value is -1.09. The molecule has 1 N–H and O–H groups in total. The molecule has 0 spiro atoms. The fraction of sp³-hybridized carbons (Fsp3) is 0.100. The van der Waals surface area contributed by atoms with Gasteiger partial charge in [0, 0.05) is 23.1 Å². The highest BCUT2D eigenvalue weighted by Gasteiger charge is 1.96. The Labute approximate surface area is 85.1 Å². The molecule has 0 aliphatic heterocycles. The lowest BCUT2D eigenvalue weighted by atomic mass is 10.2. The van der Waals surface area contributed by atoms with E-state index in [4.69, 9.17) is 0 Å². The van der Waals surface area contributed by atoms with Crippen LogP contribution >= 0.6 is 15.9 Å². The van der Waals surface area contributed by atoms with E-state index in [-0.39, 0.29) is 0 Å². The number of nitrogens with zero attached hydrogens (tertiary/aromatic N) is 1. The van der Waals surface area contributed by atoms with Crippen LogP contribution in [0.4, 0.5) is 5.82 Å². The summed E-state index contributed by atoms with van der Waals surface area (Å²) in [6.07, 6.45) is 1.87. The van der Waals surface area contributed by atoms with Crippen molar-refractivity contribution in [3.05, 3.63) is 34.9 Å². The van der Waals surface area contributed by atoms with Gasteiger partial charge in [-0.05, 0) is 23.6 Å². The van der Waals surface area contributed by atoms with Gasteiger partial charge in [0.25, 0.3) is 0 Å². The van der Waals surface area contributed by atoms with Crippen LogP contribution in [0.2, 0.25) is 0 Å². The molecular weight excluding hydrogens is 228 g/mol. The average Bonchev–Trinajstić information content (AvgIpc) is 2.17. The minimum atomic E-state index is 0.898. The zero-order chi connectivity index (χ0) is 9.26. The second-order valence-electron chi connectivity index (χ2n) is 2.81. The van der Waals surface area contributed by atoms with Gasteiger partial charge in [-0.2, -0.15) is 0 Å². The molecule has 3 heteroatoms. The summed E-state index contributed by atoms with van der Waals surface area (Å²) in [5.41, 5.74) is 0. The van der Waals surface area contributed by atoms with Crippen molar-refractivity contribution < 1.29 is 0 Å². The lowest BCUT2D eigenvalue weighted by Crippen LogP contribution is -1.90. The summed E-state index contributed by atoms with van der Waals surface area (Å²) in [7, 11) is 1.87. The van der Waals surface area contributed by atoms with Crippen LogP contribution < -0.4 is 5.32 Å². The van der Waals surface area contributed by atoms with E-state index in [1.165, 1.54) is 5.39 Å². The molecule has 0 amide bonds. The zero-order valence-electron chi connectivity index (χ0n) is 7.21. The number of pyridine rings is 1. The van der Waals surface area contributed by atoms with Crippen molar-refractivity contribution in [3.63, 3.8) is 0 Å². The third-order valence-corrected chi connectivity index (χ3v) is 2.43. The van der Waals surface area contributed by atoms with Crippen molar-refractivity contribution in [2.75, 3.05) is 12.4 Å². The summed E-state index contributed by atoms with van der Waals surface area (Å²) >= 11 is 3.42. The molecule has 0 aliphatic carbocycles. The third kappa shape index (κ3) is 1.65. The molecule has 0 atom stereocenters. The number of hydrogen-bond acceptors (Lipinski definition) is 2. The van der Waals surface area contributed by atoms with Crippen LogP contribution in [0.3, 0.4) is 0 Å². The van der Waals surface area contributed by atoms with Crippen molar-refractivity contribution >= 4 is 32.5 Å². The number of anilines is 1. The Bertz CT molecular complexity index is 440. The molecule has 2 rings (SSSR count). The first kappa shape index (κ1) is 8.51. The van der Waals surface area contributed by atoms with E-state index in [0.29, 0.717) is 0 Å². The molecule has 66 valence electrons. The summed E-state index contributed by atoms with van der Waals surface area (Å²) in [5.74, 6) is 0.898. The van der Waals surface area contributed by atoms with Crippen LogP contribution in [0.15, 0.2) is 34.9 Å². The predicted octanol–water partition coefficient (Wildman–Crippen LogP) is 3.04. The maximum atomic E-state index is 4.23. The van der Waals surface area contributed by atoms with E-state index >= 15 is 0 Å². The number of aromatic nitrogens is 1.